The highest BCUT2D eigenvalue weighted by atomic mass is 31.2. The van der Waals surface area contributed by atoms with Crippen molar-refractivity contribution in [1.82, 2.24) is 9.80 Å². The van der Waals surface area contributed by atoms with Gasteiger partial charge in [-0.2, -0.15) is 0 Å². The molecule has 0 radical (unpaired) electrons. The van der Waals surface area contributed by atoms with E-state index in [1.165, 1.54) is 217 Å². The van der Waals surface area contributed by atoms with Crippen molar-refractivity contribution in [3.8, 4) is 0 Å². The fourth-order valence-corrected chi connectivity index (χ4v) is 7.56. The summed E-state index contributed by atoms with van der Waals surface area (Å²) in [6, 6.07) is 0. The Hall–Kier alpha value is -0.840. The van der Waals surface area contributed by atoms with Crippen LogP contribution < -0.4 is 0 Å². The Balaban J connectivity index is 0.00000267. The molecule has 0 aromatic heterocycles. The van der Waals surface area contributed by atoms with E-state index in [0.29, 0.717) is 0 Å². The first-order valence-corrected chi connectivity index (χ1v) is 26.1. The van der Waals surface area contributed by atoms with Gasteiger partial charge in [0.2, 0.25) is 0 Å². The molecule has 0 amide bonds. The second-order valence-corrected chi connectivity index (χ2v) is 18.0. The number of rotatable bonds is 35. The van der Waals surface area contributed by atoms with Gasteiger partial charge in [0.05, 0.1) is 24.8 Å². The van der Waals surface area contributed by atoms with E-state index in [2.05, 4.69) is 23.6 Å². The van der Waals surface area contributed by atoms with Crippen molar-refractivity contribution in [2.45, 2.75) is 219 Å². The molecule has 0 aliphatic carbocycles. The monoisotopic (exact) mass is 839 g/mol. The lowest BCUT2D eigenvalue weighted by Crippen LogP contribution is -2.38. The molecule has 12 nitrogen and oxygen atoms in total. The first-order chi connectivity index (χ1) is 26.8. The third-order valence-electron chi connectivity index (χ3n) is 10.7. The van der Waals surface area contributed by atoms with Gasteiger partial charge in [0.25, 0.3) is 0 Å². The highest BCUT2D eigenvalue weighted by molar-refractivity contribution is 7.45. The summed E-state index contributed by atoms with van der Waals surface area (Å²) in [4.78, 5) is 58.1. The first kappa shape index (κ1) is 55.2. The van der Waals surface area contributed by atoms with Gasteiger partial charge in [-0.3, -0.25) is 9.98 Å². The maximum absolute atomic E-state index is 8.88. The van der Waals surface area contributed by atoms with E-state index in [1.807, 2.05) is 0 Å². The molecular formula is C42H88N4O8P2. The van der Waals surface area contributed by atoms with E-state index in [-0.39, 0.29) is 0 Å². The van der Waals surface area contributed by atoms with Crippen LogP contribution in [0.15, 0.2) is 9.98 Å². The fourth-order valence-electron chi connectivity index (χ4n) is 7.56. The van der Waals surface area contributed by atoms with Gasteiger partial charge in [0, 0.05) is 39.0 Å². The minimum atomic E-state index is -4.64. The van der Waals surface area contributed by atoms with Crippen LogP contribution in [0, 0.1) is 0 Å². The number of aliphatic imine (C=N–C) groups is 2. The second kappa shape index (κ2) is 38.4. The minimum Gasteiger partial charge on any atom is -0.357 e. The molecule has 14 heteroatoms. The number of amidine groups is 2. The highest BCUT2D eigenvalue weighted by Gasteiger charge is 2.20. The van der Waals surface area contributed by atoms with Gasteiger partial charge in [-0.15, -0.1) is 0 Å². The highest BCUT2D eigenvalue weighted by Crippen LogP contribution is 2.26. The van der Waals surface area contributed by atoms with Gasteiger partial charge in [0.15, 0.2) is 0 Å². The first-order valence-electron chi connectivity index (χ1n) is 23.0. The van der Waals surface area contributed by atoms with Gasteiger partial charge in [-0.25, -0.2) is 9.13 Å². The number of hydrogen-bond acceptors (Lipinski definition) is 6. The molecule has 0 saturated heterocycles. The van der Waals surface area contributed by atoms with Gasteiger partial charge in [-0.05, 0) is 12.8 Å². The van der Waals surface area contributed by atoms with Crippen molar-refractivity contribution in [3.05, 3.63) is 0 Å². The van der Waals surface area contributed by atoms with Crippen LogP contribution in [0.4, 0.5) is 0 Å². The molecule has 2 heterocycles. The van der Waals surface area contributed by atoms with Crippen molar-refractivity contribution >= 4 is 27.3 Å². The molecule has 0 aromatic carbocycles. The molecular weight excluding hydrogens is 750 g/mol. The van der Waals surface area contributed by atoms with E-state index >= 15 is 0 Å². The van der Waals surface area contributed by atoms with Crippen LogP contribution in [0.25, 0.3) is 0 Å². The zero-order valence-corrected chi connectivity index (χ0v) is 37.8. The zero-order valence-electron chi connectivity index (χ0n) is 36.1. The van der Waals surface area contributed by atoms with E-state index in [4.69, 9.17) is 48.5 Å². The lowest BCUT2D eigenvalue weighted by Gasteiger charge is -2.26. The molecule has 0 spiro atoms. The third kappa shape index (κ3) is 42.8. The molecule has 0 bridgehead atoms. The number of nitrogens with zero attached hydrogens (tertiary/aromatic N) is 4. The van der Waals surface area contributed by atoms with E-state index in [0.717, 1.165) is 39.3 Å². The van der Waals surface area contributed by atoms with E-state index < -0.39 is 15.6 Å². The Morgan fingerprint density at radius 2 is 0.589 bits per heavy atom. The van der Waals surface area contributed by atoms with Crippen molar-refractivity contribution in [3.63, 3.8) is 0 Å². The number of hydrogen-bond donors (Lipinski definition) is 6. The number of unbranched alkanes of at least 4 members (excludes halogenated alkanes) is 28. The fraction of sp³-hybridized carbons (Fsp3) is 0.952. The summed E-state index contributed by atoms with van der Waals surface area (Å²) in [5, 5.41) is 0. The molecule has 0 aromatic rings. The summed E-state index contributed by atoms with van der Waals surface area (Å²) < 4.78 is 17.8. The van der Waals surface area contributed by atoms with Crippen LogP contribution in [0.3, 0.4) is 0 Å². The lowest BCUT2D eigenvalue weighted by atomic mass is 10.0. The molecule has 6 N–H and O–H groups in total. The molecule has 2 aliphatic rings. The standard InChI is InChI=1S/C42H82N4.2H3O4P/c1-3-5-7-9-11-13-15-17-19-21-23-25-27-29-31-33-41-43-35-37-45(41)39-40-46-38-36-44-42(46)34-32-30-28-26-24-22-20-18-16-14-12-10-8-6-4-2;2*1-5(2,3)4/h3-40H2,1-2H3;2*(H3,1,2,3,4). The molecule has 0 fully saturated rings. The van der Waals surface area contributed by atoms with Gasteiger partial charge in [0.1, 0.15) is 0 Å². The summed E-state index contributed by atoms with van der Waals surface area (Å²) in [5.41, 5.74) is 0. The smallest absolute Gasteiger partial charge is 0.357 e. The Kier molecular flexibility index (Phi) is 37.8. The summed E-state index contributed by atoms with van der Waals surface area (Å²) in [6.07, 6.45) is 45.4. The van der Waals surface area contributed by atoms with Gasteiger partial charge < -0.3 is 39.2 Å². The average molecular weight is 839 g/mol. The predicted octanol–water partition coefficient (Wildman–Crippen LogP) is 11.1. The third-order valence-corrected chi connectivity index (χ3v) is 10.7. The zero-order chi connectivity index (χ0) is 41.6. The lowest BCUT2D eigenvalue weighted by molar-refractivity contribution is 0.272. The molecule has 2 aliphatic heterocycles. The molecule has 334 valence electrons. The Morgan fingerprint density at radius 3 is 0.804 bits per heavy atom. The van der Waals surface area contributed by atoms with Crippen LogP contribution in [-0.4, -0.2) is 90.1 Å². The summed E-state index contributed by atoms with van der Waals surface area (Å²) >= 11 is 0. The molecule has 0 saturated carbocycles. The molecule has 56 heavy (non-hydrogen) atoms. The summed E-state index contributed by atoms with van der Waals surface area (Å²) in [5.74, 6) is 2.80. The molecule has 2 rings (SSSR count). The van der Waals surface area contributed by atoms with Crippen molar-refractivity contribution < 1.29 is 38.5 Å². The van der Waals surface area contributed by atoms with E-state index in [9.17, 15) is 0 Å². The van der Waals surface area contributed by atoms with Crippen molar-refractivity contribution in [2.24, 2.45) is 9.98 Å². The maximum atomic E-state index is 8.88. The second-order valence-electron chi connectivity index (χ2n) is 16.0. The van der Waals surface area contributed by atoms with Crippen LogP contribution in [0.1, 0.15) is 219 Å². The summed E-state index contributed by atoms with van der Waals surface area (Å²) in [6.45, 7) is 11.2. The largest absolute Gasteiger partial charge is 0.466 e. The van der Waals surface area contributed by atoms with Crippen molar-refractivity contribution in [1.29, 1.82) is 0 Å². The molecule has 0 unspecified atom stereocenters. The SMILES string of the molecule is CCCCCCCCCCCCCCCCCC1=NCCN1CCN1CCN=C1CCCCCCCCCCCCCCCCC.O=P(O)(O)O.O=P(O)(O)O. The van der Waals surface area contributed by atoms with E-state index in [1.54, 1.807) is 0 Å². The van der Waals surface area contributed by atoms with Crippen molar-refractivity contribution in [2.75, 3.05) is 39.3 Å². The minimum absolute atomic E-state index is 1.01. The number of phosphoric acid groups is 2. The normalized spacial score (nSPS) is 14.4. The molecule has 0 atom stereocenters. The Bertz CT molecular complexity index is 944. The predicted molar refractivity (Wildman–Crippen MR) is 235 cm³/mol. The van der Waals surface area contributed by atoms with Crippen LogP contribution >= 0.6 is 15.6 Å². The average Bonchev–Trinajstić information content (AvgIpc) is 3.78. The quantitative estimate of drug-likeness (QED) is 0.0265. The maximum Gasteiger partial charge on any atom is 0.466 e. The Morgan fingerprint density at radius 1 is 0.393 bits per heavy atom. The Labute approximate surface area is 343 Å². The van der Waals surface area contributed by atoms with Gasteiger partial charge >= 0.3 is 15.6 Å². The van der Waals surface area contributed by atoms with Crippen LogP contribution in [-0.2, 0) is 9.13 Å². The summed E-state index contributed by atoms with van der Waals surface area (Å²) in [7, 11) is -9.28. The van der Waals surface area contributed by atoms with Crippen LogP contribution in [0.2, 0.25) is 0 Å². The van der Waals surface area contributed by atoms with Gasteiger partial charge in [-0.1, -0.05) is 194 Å². The topological polar surface area (TPSA) is 187 Å². The van der Waals surface area contributed by atoms with Crippen LogP contribution in [0.5, 0.6) is 0 Å².